The molecule has 0 saturated carbocycles. The fourth-order valence-electron chi connectivity index (χ4n) is 12.3. The van der Waals surface area contributed by atoms with Gasteiger partial charge in [-0.15, -0.1) is 0 Å². The fraction of sp³-hybridized carbons (Fsp3) is 0.0286. The van der Waals surface area contributed by atoms with E-state index < -0.39 is 23.5 Å². The number of rotatable bonds is 6. The maximum Gasteiger partial charge on any atom is 0.416 e. The van der Waals surface area contributed by atoms with Gasteiger partial charge >= 0.3 is 12.4 Å². The lowest BCUT2D eigenvalue weighted by Gasteiger charge is -2.34. The molecule has 0 fully saturated rings. The summed E-state index contributed by atoms with van der Waals surface area (Å²) in [6.07, 6.45) is -9.63. The van der Waals surface area contributed by atoms with Crippen molar-refractivity contribution in [3.8, 4) is 68.8 Å². The van der Waals surface area contributed by atoms with Crippen LogP contribution in [0.15, 0.2) is 231 Å². The summed E-state index contributed by atoms with van der Waals surface area (Å²) in [5, 5.41) is 26.4. The zero-order valence-corrected chi connectivity index (χ0v) is 43.7. The lowest BCUT2D eigenvalue weighted by atomic mass is 9.84. The second kappa shape index (κ2) is 18.7. The van der Waals surface area contributed by atoms with Gasteiger partial charge in [-0.3, -0.25) is 0 Å². The Morgan fingerprint density at radius 1 is 0.333 bits per heavy atom. The number of para-hydroxylation sites is 8. The number of aromatic nitrogens is 2. The number of hydrogen-bond acceptors (Lipinski definition) is 6. The molecule has 2 aromatic heterocycles. The Morgan fingerprint density at radius 2 is 0.726 bits per heavy atom. The molecule has 2 aliphatic rings. The van der Waals surface area contributed by atoms with E-state index in [9.17, 15) is 10.5 Å². The Hall–Kier alpha value is -11.2. The maximum absolute atomic E-state index is 15.2. The van der Waals surface area contributed by atoms with Crippen LogP contribution in [-0.4, -0.2) is 9.13 Å². The molecule has 402 valence electrons. The third kappa shape index (κ3) is 7.61. The second-order valence-electron chi connectivity index (χ2n) is 20.4. The van der Waals surface area contributed by atoms with Crippen molar-refractivity contribution in [1.29, 1.82) is 10.5 Å². The van der Waals surface area contributed by atoms with Crippen molar-refractivity contribution >= 4 is 77.7 Å². The van der Waals surface area contributed by atoms with E-state index in [0.717, 1.165) is 47.0 Å². The number of nitrogens with zero attached hydrogens (tertiary/aromatic N) is 6. The van der Waals surface area contributed by atoms with Crippen molar-refractivity contribution in [3.05, 3.63) is 253 Å². The predicted molar refractivity (Wildman–Crippen MR) is 315 cm³/mol. The first kappa shape index (κ1) is 49.8. The quantitative estimate of drug-likeness (QED) is 0.154. The van der Waals surface area contributed by atoms with Crippen LogP contribution in [0.3, 0.4) is 0 Å². The number of ether oxygens (including phenoxy) is 2. The van der Waals surface area contributed by atoms with Crippen molar-refractivity contribution < 1.29 is 35.8 Å². The summed E-state index contributed by atoms with van der Waals surface area (Å²) in [6.45, 7) is 0. The van der Waals surface area contributed by atoms with Gasteiger partial charge in [-0.2, -0.15) is 36.9 Å². The van der Waals surface area contributed by atoms with Crippen LogP contribution >= 0.6 is 0 Å². The summed E-state index contributed by atoms with van der Waals surface area (Å²) in [4.78, 5) is 4.09. The molecule has 84 heavy (non-hydrogen) atoms. The summed E-state index contributed by atoms with van der Waals surface area (Å²) in [5.41, 5.74) is 4.01. The third-order valence-corrected chi connectivity index (χ3v) is 15.8. The number of fused-ring (bicyclic) bond motifs is 10. The molecular weight excluding hydrogens is 1070 g/mol. The standard InChI is InChI=1S/C70H38F6N6O2/c71-69(72,73)43-29-31-49-47-19-7-9-21-53(47)81(59(49)37-43)67-51(39-77)65(41-27-33-57-63(35-41)83-61-25-13-11-23-55(61)79(57)45-15-3-1-4-16-45)66(42-28-34-58-64(36-42)84-62-26-14-12-24-56(62)80(58)46-17-5-2-6-18-46)68(52(67)40-78)82-54-22-10-8-20-48(54)50-32-30-44(38-60(50)82)70(74,75)76/h1-38H. The van der Waals surface area contributed by atoms with Crippen LogP contribution in [0.4, 0.5) is 60.5 Å². The van der Waals surface area contributed by atoms with Crippen LogP contribution in [0.2, 0.25) is 0 Å². The topological polar surface area (TPSA) is 82.4 Å². The summed E-state index contributed by atoms with van der Waals surface area (Å²) in [7, 11) is 0. The molecule has 0 unspecified atom stereocenters. The first-order valence-electron chi connectivity index (χ1n) is 26.7. The summed E-state index contributed by atoms with van der Waals surface area (Å²) < 4.78 is 108. The molecule has 0 saturated heterocycles. The molecule has 0 amide bonds. The molecule has 4 heterocycles. The minimum Gasteiger partial charge on any atom is -0.453 e. The van der Waals surface area contributed by atoms with Gasteiger partial charge in [-0.25, -0.2) is 0 Å². The van der Waals surface area contributed by atoms with Gasteiger partial charge in [0, 0.05) is 44.0 Å². The smallest absolute Gasteiger partial charge is 0.416 e. The average molecular weight is 1110 g/mol. The van der Waals surface area contributed by atoms with E-state index in [1.165, 1.54) is 16.7 Å². The largest absolute Gasteiger partial charge is 0.453 e. The number of hydrogen-bond donors (Lipinski definition) is 0. The summed E-state index contributed by atoms with van der Waals surface area (Å²) in [5.74, 6) is 1.75. The van der Waals surface area contributed by atoms with E-state index >= 15 is 26.3 Å². The second-order valence-corrected chi connectivity index (χ2v) is 20.4. The van der Waals surface area contributed by atoms with Crippen LogP contribution in [-0.2, 0) is 12.4 Å². The zero-order valence-electron chi connectivity index (χ0n) is 43.7. The lowest BCUT2D eigenvalue weighted by molar-refractivity contribution is -0.138. The Bertz CT molecular complexity index is 5000. The normalized spacial score (nSPS) is 12.8. The van der Waals surface area contributed by atoms with Crippen LogP contribution in [0.25, 0.3) is 77.2 Å². The van der Waals surface area contributed by atoms with Gasteiger partial charge in [0.25, 0.3) is 0 Å². The Morgan fingerprint density at radius 3 is 1.19 bits per heavy atom. The minimum absolute atomic E-state index is 0.0241. The molecule has 0 atom stereocenters. The van der Waals surface area contributed by atoms with Crippen molar-refractivity contribution in [2.24, 2.45) is 0 Å². The van der Waals surface area contributed by atoms with E-state index in [1.807, 2.05) is 143 Å². The highest BCUT2D eigenvalue weighted by molar-refractivity contribution is 6.14. The zero-order chi connectivity index (χ0) is 57.2. The minimum atomic E-state index is -4.82. The fourth-order valence-corrected chi connectivity index (χ4v) is 12.3. The van der Waals surface area contributed by atoms with Crippen LogP contribution in [0, 0.1) is 22.7 Å². The molecule has 0 N–H and O–H groups in total. The van der Waals surface area contributed by atoms with Crippen molar-refractivity contribution in [1.82, 2.24) is 9.13 Å². The summed E-state index contributed by atoms with van der Waals surface area (Å²) >= 11 is 0. The molecule has 14 heteroatoms. The molecule has 11 aromatic carbocycles. The number of nitriles is 2. The van der Waals surface area contributed by atoms with E-state index in [0.29, 0.717) is 78.1 Å². The highest BCUT2D eigenvalue weighted by Crippen LogP contribution is 2.57. The monoisotopic (exact) mass is 1110 g/mol. The number of halogens is 6. The van der Waals surface area contributed by atoms with Crippen molar-refractivity contribution in [3.63, 3.8) is 0 Å². The van der Waals surface area contributed by atoms with E-state index in [1.54, 1.807) is 65.2 Å². The van der Waals surface area contributed by atoms with Crippen LogP contribution in [0.5, 0.6) is 23.0 Å². The van der Waals surface area contributed by atoms with E-state index in [-0.39, 0.29) is 44.7 Å². The van der Waals surface area contributed by atoms with Gasteiger partial charge in [0.2, 0.25) is 0 Å². The van der Waals surface area contributed by atoms with Crippen molar-refractivity contribution in [2.75, 3.05) is 9.80 Å². The molecule has 8 nitrogen and oxygen atoms in total. The van der Waals surface area contributed by atoms with Gasteiger partial charge in [0.1, 0.15) is 17.7 Å². The molecule has 0 radical (unpaired) electrons. The maximum atomic E-state index is 15.2. The number of alkyl halides is 6. The average Bonchev–Trinajstić information content (AvgIpc) is 1.69. The molecule has 15 rings (SSSR count). The molecule has 0 bridgehead atoms. The number of anilines is 6. The molecule has 0 aliphatic carbocycles. The van der Waals surface area contributed by atoms with Crippen LogP contribution < -0.4 is 19.3 Å². The lowest BCUT2D eigenvalue weighted by Crippen LogP contribution is -2.16. The molecular formula is C70H38F6N6O2. The Labute approximate surface area is 474 Å². The SMILES string of the molecule is N#Cc1c(-c2ccc3c(c2)Oc2ccccc2N3c2ccccc2)c(-c2ccc3c(c2)Oc2ccccc2N3c2ccccc2)c(-n2c3ccccc3c3ccc(C(F)(F)F)cc32)c(C#N)c1-n1c2ccccc2c2ccc(C(F)(F)F)cc21. The molecule has 2 aliphatic heterocycles. The first-order valence-corrected chi connectivity index (χ1v) is 26.7. The van der Waals surface area contributed by atoms with Gasteiger partial charge in [0.15, 0.2) is 23.0 Å². The van der Waals surface area contributed by atoms with E-state index in [4.69, 9.17) is 9.47 Å². The highest BCUT2D eigenvalue weighted by atomic mass is 19.4. The van der Waals surface area contributed by atoms with Gasteiger partial charge < -0.3 is 28.4 Å². The molecule has 0 spiro atoms. The Kier molecular flexibility index (Phi) is 11.1. The molecule has 13 aromatic rings. The van der Waals surface area contributed by atoms with Gasteiger partial charge in [-0.05, 0) is 120 Å². The third-order valence-electron chi connectivity index (χ3n) is 15.8. The number of benzene rings is 11. The van der Waals surface area contributed by atoms with Crippen LogP contribution in [0.1, 0.15) is 22.3 Å². The van der Waals surface area contributed by atoms with E-state index in [2.05, 4.69) is 12.1 Å². The van der Waals surface area contributed by atoms with Crippen molar-refractivity contribution in [2.45, 2.75) is 12.4 Å². The Balaban J connectivity index is 1.14. The first-order chi connectivity index (χ1) is 40.9. The summed E-state index contributed by atoms with van der Waals surface area (Å²) in [6, 6.07) is 71.0. The highest BCUT2D eigenvalue weighted by Gasteiger charge is 2.38. The predicted octanol–water partition coefficient (Wildman–Crippen LogP) is 20.1. The van der Waals surface area contributed by atoms with Gasteiger partial charge in [-0.1, -0.05) is 121 Å². The van der Waals surface area contributed by atoms with Gasteiger partial charge in [0.05, 0.1) is 72.9 Å².